The van der Waals surface area contributed by atoms with E-state index in [4.69, 9.17) is 4.74 Å². The highest BCUT2D eigenvalue weighted by Gasteiger charge is 2.21. The molecule has 4 nitrogen and oxygen atoms in total. The SMILES string of the molecule is COc1cccc(/C=C2/N=C(c3cccc(F)c3)NC2=O)c1. The van der Waals surface area contributed by atoms with E-state index >= 15 is 0 Å². The molecule has 0 aromatic heterocycles. The van der Waals surface area contributed by atoms with Crippen molar-refractivity contribution >= 4 is 17.8 Å². The number of amides is 1. The predicted molar refractivity (Wildman–Crippen MR) is 82.1 cm³/mol. The van der Waals surface area contributed by atoms with Crippen LogP contribution in [0.5, 0.6) is 5.75 Å². The maximum Gasteiger partial charge on any atom is 0.275 e. The van der Waals surface area contributed by atoms with E-state index in [0.717, 1.165) is 5.56 Å². The van der Waals surface area contributed by atoms with Crippen LogP contribution in [0.3, 0.4) is 0 Å². The van der Waals surface area contributed by atoms with Crippen LogP contribution in [0.2, 0.25) is 0 Å². The number of ether oxygens (including phenoxy) is 1. The van der Waals surface area contributed by atoms with Crippen LogP contribution in [-0.4, -0.2) is 18.9 Å². The smallest absolute Gasteiger partial charge is 0.275 e. The number of hydrogen-bond acceptors (Lipinski definition) is 3. The molecule has 22 heavy (non-hydrogen) atoms. The third kappa shape index (κ3) is 2.88. The topological polar surface area (TPSA) is 50.7 Å². The summed E-state index contributed by atoms with van der Waals surface area (Å²) in [6.45, 7) is 0. The Morgan fingerprint density at radius 1 is 1.18 bits per heavy atom. The van der Waals surface area contributed by atoms with E-state index < -0.39 is 0 Å². The molecule has 0 saturated heterocycles. The summed E-state index contributed by atoms with van der Waals surface area (Å²) in [5.41, 5.74) is 1.60. The highest BCUT2D eigenvalue weighted by Crippen LogP contribution is 2.18. The predicted octanol–water partition coefficient (Wildman–Crippen LogP) is 2.75. The van der Waals surface area contributed by atoms with Gasteiger partial charge in [-0.2, -0.15) is 0 Å². The summed E-state index contributed by atoms with van der Waals surface area (Å²) >= 11 is 0. The van der Waals surface area contributed by atoms with Crippen molar-refractivity contribution < 1.29 is 13.9 Å². The van der Waals surface area contributed by atoms with Gasteiger partial charge in [-0.15, -0.1) is 0 Å². The Bertz CT molecular complexity index is 797. The molecule has 3 rings (SSSR count). The molecular weight excluding hydrogens is 283 g/mol. The Morgan fingerprint density at radius 2 is 2.00 bits per heavy atom. The molecule has 1 heterocycles. The number of nitrogens with one attached hydrogen (secondary N) is 1. The van der Waals surface area contributed by atoms with Crippen LogP contribution in [0, 0.1) is 5.82 Å². The van der Waals surface area contributed by atoms with Crippen molar-refractivity contribution in [3.63, 3.8) is 0 Å². The number of carbonyl (C=O) groups excluding carboxylic acids is 1. The van der Waals surface area contributed by atoms with E-state index in [-0.39, 0.29) is 17.4 Å². The average Bonchev–Trinajstić information content (AvgIpc) is 2.89. The Morgan fingerprint density at radius 3 is 2.77 bits per heavy atom. The Balaban J connectivity index is 1.94. The van der Waals surface area contributed by atoms with Crippen LogP contribution >= 0.6 is 0 Å². The highest BCUT2D eigenvalue weighted by atomic mass is 19.1. The lowest BCUT2D eigenvalue weighted by Gasteiger charge is -2.00. The van der Waals surface area contributed by atoms with Crippen LogP contribution < -0.4 is 10.1 Å². The van der Waals surface area contributed by atoms with E-state index in [1.165, 1.54) is 12.1 Å². The summed E-state index contributed by atoms with van der Waals surface area (Å²) in [6.07, 6.45) is 1.66. The van der Waals surface area contributed by atoms with E-state index in [1.54, 1.807) is 31.4 Å². The fourth-order valence-corrected chi connectivity index (χ4v) is 2.13. The van der Waals surface area contributed by atoms with Crippen LogP contribution in [-0.2, 0) is 4.79 Å². The van der Waals surface area contributed by atoms with Gasteiger partial charge < -0.3 is 10.1 Å². The summed E-state index contributed by atoms with van der Waals surface area (Å²) < 4.78 is 18.4. The second kappa shape index (κ2) is 5.81. The minimum absolute atomic E-state index is 0.271. The Kier molecular flexibility index (Phi) is 3.70. The van der Waals surface area contributed by atoms with Crippen molar-refractivity contribution in [1.82, 2.24) is 5.32 Å². The van der Waals surface area contributed by atoms with Gasteiger partial charge in [-0.1, -0.05) is 24.3 Å². The molecule has 0 saturated carbocycles. The van der Waals surface area contributed by atoms with E-state index in [1.807, 2.05) is 18.2 Å². The van der Waals surface area contributed by atoms with Gasteiger partial charge in [-0.25, -0.2) is 9.38 Å². The van der Waals surface area contributed by atoms with E-state index in [9.17, 15) is 9.18 Å². The van der Waals surface area contributed by atoms with Gasteiger partial charge in [0, 0.05) is 5.56 Å². The maximum atomic E-state index is 13.2. The van der Waals surface area contributed by atoms with Crippen molar-refractivity contribution in [2.24, 2.45) is 4.99 Å². The molecule has 1 aliphatic rings. The molecule has 2 aromatic carbocycles. The number of carbonyl (C=O) groups is 1. The molecule has 0 bridgehead atoms. The first kappa shape index (κ1) is 14.0. The van der Waals surface area contributed by atoms with Gasteiger partial charge in [0.2, 0.25) is 0 Å². The molecule has 1 amide bonds. The molecular formula is C17H13FN2O2. The molecule has 1 N–H and O–H groups in total. The zero-order valence-electron chi connectivity index (χ0n) is 11.8. The fraction of sp³-hybridized carbons (Fsp3) is 0.0588. The molecule has 110 valence electrons. The zero-order chi connectivity index (χ0) is 15.5. The molecule has 0 unspecified atom stereocenters. The number of methoxy groups -OCH3 is 1. The lowest BCUT2D eigenvalue weighted by atomic mass is 10.2. The summed E-state index contributed by atoms with van der Waals surface area (Å²) in [6, 6.07) is 13.2. The monoisotopic (exact) mass is 296 g/mol. The fourth-order valence-electron chi connectivity index (χ4n) is 2.13. The zero-order valence-corrected chi connectivity index (χ0v) is 11.8. The van der Waals surface area contributed by atoms with Crippen molar-refractivity contribution in [1.29, 1.82) is 0 Å². The van der Waals surface area contributed by atoms with Crippen molar-refractivity contribution in [2.45, 2.75) is 0 Å². The molecule has 1 aliphatic heterocycles. The first-order valence-corrected chi connectivity index (χ1v) is 6.67. The van der Waals surface area contributed by atoms with E-state index in [2.05, 4.69) is 10.3 Å². The number of amidine groups is 1. The summed E-state index contributed by atoms with van der Waals surface area (Å²) in [5.74, 6) is 0.350. The summed E-state index contributed by atoms with van der Waals surface area (Å²) in [7, 11) is 1.58. The van der Waals surface area contributed by atoms with Crippen molar-refractivity contribution in [3.8, 4) is 5.75 Å². The standard InChI is InChI=1S/C17H13FN2O2/c1-22-14-7-2-4-11(8-14)9-15-17(21)20-16(19-15)12-5-3-6-13(18)10-12/h2-10H,1H3,(H,19,20,21)/b15-9+. The molecule has 2 aromatic rings. The van der Waals surface area contributed by atoms with Gasteiger partial charge in [0.25, 0.3) is 5.91 Å². The van der Waals surface area contributed by atoms with E-state index in [0.29, 0.717) is 17.1 Å². The molecule has 0 fully saturated rings. The number of aliphatic imine (C=N–C) groups is 1. The summed E-state index contributed by atoms with van der Waals surface area (Å²) in [5, 5.41) is 2.64. The molecule has 0 aliphatic carbocycles. The molecule has 0 spiro atoms. The lowest BCUT2D eigenvalue weighted by Crippen LogP contribution is -2.24. The number of nitrogens with zero attached hydrogens (tertiary/aromatic N) is 1. The number of rotatable bonds is 3. The Labute approximate surface area is 127 Å². The van der Waals surface area contributed by atoms with Gasteiger partial charge in [0.1, 0.15) is 23.1 Å². The largest absolute Gasteiger partial charge is 0.497 e. The van der Waals surface area contributed by atoms with Gasteiger partial charge in [-0.05, 0) is 35.9 Å². The van der Waals surface area contributed by atoms with Crippen LogP contribution in [0.25, 0.3) is 6.08 Å². The second-order valence-corrected chi connectivity index (χ2v) is 4.73. The first-order valence-electron chi connectivity index (χ1n) is 6.67. The minimum Gasteiger partial charge on any atom is -0.497 e. The first-order chi connectivity index (χ1) is 10.7. The molecule has 5 heteroatoms. The molecule has 0 atom stereocenters. The van der Waals surface area contributed by atoms with Crippen molar-refractivity contribution in [2.75, 3.05) is 7.11 Å². The van der Waals surface area contributed by atoms with Gasteiger partial charge in [0.15, 0.2) is 0 Å². The number of halogens is 1. The molecule has 0 radical (unpaired) electrons. The average molecular weight is 296 g/mol. The number of benzene rings is 2. The van der Waals surface area contributed by atoms with Crippen LogP contribution in [0.1, 0.15) is 11.1 Å². The number of hydrogen-bond donors (Lipinski definition) is 1. The minimum atomic E-state index is -0.375. The van der Waals surface area contributed by atoms with Crippen LogP contribution in [0.4, 0.5) is 4.39 Å². The van der Waals surface area contributed by atoms with Gasteiger partial charge >= 0.3 is 0 Å². The van der Waals surface area contributed by atoms with Crippen LogP contribution in [0.15, 0.2) is 59.2 Å². The maximum absolute atomic E-state index is 13.2. The third-order valence-electron chi connectivity index (χ3n) is 3.19. The highest BCUT2D eigenvalue weighted by molar-refractivity contribution is 6.19. The van der Waals surface area contributed by atoms with Gasteiger partial charge in [-0.3, -0.25) is 4.79 Å². The van der Waals surface area contributed by atoms with Gasteiger partial charge in [0.05, 0.1) is 7.11 Å². The third-order valence-corrected chi connectivity index (χ3v) is 3.19. The Hall–Kier alpha value is -2.95. The second-order valence-electron chi connectivity index (χ2n) is 4.73. The quantitative estimate of drug-likeness (QED) is 0.885. The normalized spacial score (nSPS) is 15.6. The van der Waals surface area contributed by atoms with Crippen molar-refractivity contribution in [3.05, 3.63) is 71.2 Å². The summed E-state index contributed by atoms with van der Waals surface area (Å²) in [4.78, 5) is 16.2. The lowest BCUT2D eigenvalue weighted by molar-refractivity contribution is -0.115.